The van der Waals surface area contributed by atoms with Gasteiger partial charge >= 0.3 is 0 Å². The van der Waals surface area contributed by atoms with Gasteiger partial charge in [0.15, 0.2) is 0 Å². The summed E-state index contributed by atoms with van der Waals surface area (Å²) in [6.45, 7) is 7.05. The van der Waals surface area contributed by atoms with Crippen LogP contribution in [-0.2, 0) is 4.79 Å². The zero-order valence-corrected chi connectivity index (χ0v) is 15.8. The average molecular weight is 362 g/mol. The summed E-state index contributed by atoms with van der Waals surface area (Å²) >= 11 is 0. The van der Waals surface area contributed by atoms with Crippen LogP contribution in [0.25, 0.3) is 5.69 Å². The zero-order valence-electron chi connectivity index (χ0n) is 15.8. The van der Waals surface area contributed by atoms with Crippen molar-refractivity contribution in [3.63, 3.8) is 0 Å². The van der Waals surface area contributed by atoms with Gasteiger partial charge < -0.3 is 10.6 Å². The highest BCUT2D eigenvalue weighted by molar-refractivity contribution is 6.06. The Balaban J connectivity index is 1.89. The largest absolute Gasteiger partial charge is 0.326 e. The van der Waals surface area contributed by atoms with E-state index < -0.39 is 0 Å². The van der Waals surface area contributed by atoms with E-state index in [0.29, 0.717) is 22.6 Å². The van der Waals surface area contributed by atoms with Crippen molar-refractivity contribution >= 4 is 23.2 Å². The Labute approximate surface area is 158 Å². The van der Waals surface area contributed by atoms with Crippen LogP contribution in [0.1, 0.15) is 34.2 Å². The van der Waals surface area contributed by atoms with E-state index in [1.165, 1.54) is 6.92 Å². The second-order valence-electron chi connectivity index (χ2n) is 6.46. The summed E-state index contributed by atoms with van der Waals surface area (Å²) in [7, 11) is 0. The highest BCUT2D eigenvalue weighted by Gasteiger charge is 2.19. The number of amides is 2. The van der Waals surface area contributed by atoms with Gasteiger partial charge in [-0.1, -0.05) is 24.3 Å². The zero-order chi connectivity index (χ0) is 19.6. The van der Waals surface area contributed by atoms with Crippen molar-refractivity contribution in [1.82, 2.24) is 9.78 Å². The maximum absolute atomic E-state index is 12.9. The molecule has 27 heavy (non-hydrogen) atoms. The molecule has 0 spiro atoms. The molecule has 3 aromatic rings. The first-order valence-electron chi connectivity index (χ1n) is 8.68. The Morgan fingerprint density at radius 2 is 1.67 bits per heavy atom. The third kappa shape index (κ3) is 3.89. The van der Waals surface area contributed by atoms with Crippen LogP contribution in [0.4, 0.5) is 11.4 Å². The van der Waals surface area contributed by atoms with E-state index in [9.17, 15) is 9.59 Å². The van der Waals surface area contributed by atoms with Gasteiger partial charge in [0.25, 0.3) is 5.91 Å². The molecule has 0 fully saturated rings. The molecule has 6 nitrogen and oxygen atoms in total. The van der Waals surface area contributed by atoms with Crippen LogP contribution in [-0.4, -0.2) is 21.6 Å². The van der Waals surface area contributed by atoms with Crippen LogP contribution in [0.5, 0.6) is 0 Å². The minimum absolute atomic E-state index is 0.155. The van der Waals surface area contributed by atoms with Gasteiger partial charge in [-0.25, -0.2) is 4.68 Å². The molecule has 0 aliphatic rings. The Morgan fingerprint density at radius 3 is 2.33 bits per heavy atom. The number of nitrogens with zero attached hydrogens (tertiary/aromatic N) is 2. The van der Waals surface area contributed by atoms with E-state index in [1.54, 1.807) is 10.7 Å². The molecule has 0 bridgehead atoms. The summed E-state index contributed by atoms with van der Waals surface area (Å²) in [6, 6.07) is 15.1. The number of nitrogens with one attached hydrogen (secondary N) is 2. The third-order valence-corrected chi connectivity index (χ3v) is 4.33. The van der Waals surface area contributed by atoms with E-state index >= 15 is 0 Å². The topological polar surface area (TPSA) is 76.0 Å². The van der Waals surface area contributed by atoms with Gasteiger partial charge in [-0.15, -0.1) is 0 Å². The molecule has 2 N–H and O–H groups in total. The van der Waals surface area contributed by atoms with Gasteiger partial charge in [-0.2, -0.15) is 5.10 Å². The Kier molecular flexibility index (Phi) is 5.07. The molecule has 2 aromatic carbocycles. The van der Waals surface area contributed by atoms with Gasteiger partial charge in [-0.05, 0) is 50.6 Å². The Bertz CT molecular complexity index is 1010. The van der Waals surface area contributed by atoms with Crippen LogP contribution in [0.2, 0.25) is 0 Å². The molecule has 138 valence electrons. The second kappa shape index (κ2) is 7.45. The van der Waals surface area contributed by atoms with Gasteiger partial charge in [-0.3, -0.25) is 9.59 Å². The summed E-state index contributed by atoms with van der Waals surface area (Å²) in [5.41, 5.74) is 5.08. The van der Waals surface area contributed by atoms with Crippen molar-refractivity contribution < 1.29 is 9.59 Å². The number of aryl methyl sites for hydroxylation is 2. The van der Waals surface area contributed by atoms with Crippen molar-refractivity contribution in [3.8, 4) is 5.69 Å². The van der Waals surface area contributed by atoms with E-state index in [2.05, 4.69) is 15.7 Å². The molecular weight excluding hydrogens is 340 g/mol. The number of carbonyl (C=O) groups is 2. The number of aromatic nitrogens is 2. The molecule has 1 aromatic heterocycles. The fraction of sp³-hybridized carbons (Fsp3) is 0.190. The van der Waals surface area contributed by atoms with Gasteiger partial charge in [0, 0.05) is 18.3 Å². The fourth-order valence-corrected chi connectivity index (χ4v) is 3.01. The van der Waals surface area contributed by atoms with E-state index in [-0.39, 0.29) is 11.8 Å². The van der Waals surface area contributed by atoms with Crippen molar-refractivity contribution in [2.24, 2.45) is 0 Å². The highest BCUT2D eigenvalue weighted by atomic mass is 16.2. The van der Waals surface area contributed by atoms with E-state index in [0.717, 1.165) is 16.9 Å². The van der Waals surface area contributed by atoms with Crippen LogP contribution in [0.3, 0.4) is 0 Å². The lowest BCUT2D eigenvalue weighted by Gasteiger charge is -2.11. The number of hydrogen-bond acceptors (Lipinski definition) is 3. The van der Waals surface area contributed by atoms with E-state index in [4.69, 9.17) is 0 Å². The van der Waals surface area contributed by atoms with Crippen LogP contribution >= 0.6 is 0 Å². The molecule has 0 radical (unpaired) electrons. The predicted molar refractivity (Wildman–Crippen MR) is 106 cm³/mol. The number of benzene rings is 2. The van der Waals surface area contributed by atoms with Gasteiger partial charge in [0.05, 0.1) is 22.6 Å². The summed E-state index contributed by atoms with van der Waals surface area (Å²) in [5, 5.41) is 10.2. The van der Waals surface area contributed by atoms with Crippen molar-refractivity contribution in [2.75, 3.05) is 10.6 Å². The first-order chi connectivity index (χ1) is 12.9. The number of para-hydroxylation sites is 1. The number of hydrogen-bond donors (Lipinski definition) is 2. The number of carbonyl (C=O) groups excluding carboxylic acids is 2. The molecule has 6 heteroatoms. The highest BCUT2D eigenvalue weighted by Crippen LogP contribution is 2.23. The molecule has 0 unspecified atom stereocenters. The minimum Gasteiger partial charge on any atom is -0.326 e. The van der Waals surface area contributed by atoms with Gasteiger partial charge in [0.2, 0.25) is 5.91 Å². The van der Waals surface area contributed by atoms with Crippen LogP contribution in [0, 0.1) is 20.8 Å². The first-order valence-corrected chi connectivity index (χ1v) is 8.68. The maximum Gasteiger partial charge on any atom is 0.259 e. The molecule has 2 amide bonds. The molecule has 3 rings (SSSR count). The SMILES string of the molecule is CC(=O)Nc1cc(NC(=O)c2c(C)nn(-c3ccccc3)c2C)ccc1C. The number of rotatable bonds is 4. The van der Waals surface area contributed by atoms with Crippen LogP contribution < -0.4 is 10.6 Å². The summed E-state index contributed by atoms with van der Waals surface area (Å²) < 4.78 is 1.77. The quantitative estimate of drug-likeness (QED) is 0.736. The maximum atomic E-state index is 12.9. The predicted octanol–water partition coefficient (Wildman–Crippen LogP) is 4.01. The summed E-state index contributed by atoms with van der Waals surface area (Å²) in [5.74, 6) is -0.387. The standard InChI is InChI=1S/C21H22N4O2/c1-13-10-11-17(12-19(13)22-16(4)26)23-21(27)20-14(2)24-25(15(20)3)18-8-6-5-7-9-18/h5-12H,1-4H3,(H,22,26)(H,23,27). The fourth-order valence-electron chi connectivity index (χ4n) is 3.01. The first kappa shape index (κ1) is 18.4. The molecule has 1 heterocycles. The van der Waals surface area contributed by atoms with Crippen LogP contribution in [0.15, 0.2) is 48.5 Å². The summed E-state index contributed by atoms with van der Waals surface area (Å²) in [4.78, 5) is 24.2. The lowest BCUT2D eigenvalue weighted by molar-refractivity contribution is -0.114. The second-order valence-corrected chi connectivity index (χ2v) is 6.46. The normalized spacial score (nSPS) is 10.5. The Hall–Kier alpha value is -3.41. The van der Waals surface area contributed by atoms with Crippen molar-refractivity contribution in [3.05, 3.63) is 71.0 Å². The van der Waals surface area contributed by atoms with Crippen molar-refractivity contribution in [2.45, 2.75) is 27.7 Å². The molecule has 0 saturated carbocycles. The molecule has 0 aliphatic heterocycles. The third-order valence-electron chi connectivity index (χ3n) is 4.33. The molecule has 0 atom stereocenters. The molecular formula is C21H22N4O2. The summed E-state index contributed by atoms with van der Waals surface area (Å²) in [6.07, 6.45) is 0. The number of anilines is 2. The Morgan fingerprint density at radius 1 is 0.963 bits per heavy atom. The average Bonchev–Trinajstić information content (AvgIpc) is 2.92. The lowest BCUT2D eigenvalue weighted by Crippen LogP contribution is -2.15. The smallest absolute Gasteiger partial charge is 0.259 e. The van der Waals surface area contributed by atoms with Crippen molar-refractivity contribution in [1.29, 1.82) is 0 Å². The lowest BCUT2D eigenvalue weighted by atomic mass is 10.1. The van der Waals surface area contributed by atoms with E-state index in [1.807, 2.05) is 63.2 Å². The molecule has 0 aliphatic carbocycles. The minimum atomic E-state index is -0.232. The van der Waals surface area contributed by atoms with Gasteiger partial charge in [0.1, 0.15) is 0 Å². The molecule has 0 saturated heterocycles. The monoisotopic (exact) mass is 362 g/mol.